The molecule has 2 atom stereocenters. The van der Waals surface area contributed by atoms with Crippen LogP contribution in [0.3, 0.4) is 0 Å². The number of hydrogen-bond donors (Lipinski definition) is 1. The Bertz CT molecular complexity index is 556. The lowest BCUT2D eigenvalue weighted by atomic mass is 9.78. The Morgan fingerprint density at radius 2 is 1.95 bits per heavy atom. The van der Waals surface area contributed by atoms with Gasteiger partial charge in [-0.2, -0.15) is 0 Å². The van der Waals surface area contributed by atoms with Crippen LogP contribution in [0.1, 0.15) is 54.4 Å². The van der Waals surface area contributed by atoms with Gasteiger partial charge in [0.1, 0.15) is 5.82 Å². The lowest BCUT2D eigenvalue weighted by molar-refractivity contribution is 0.0386. The van der Waals surface area contributed by atoms with E-state index in [-0.39, 0.29) is 11.5 Å². The van der Waals surface area contributed by atoms with E-state index in [0.717, 1.165) is 19.4 Å². The lowest BCUT2D eigenvalue weighted by Crippen LogP contribution is -2.49. The van der Waals surface area contributed by atoms with E-state index in [9.17, 15) is 9.18 Å². The van der Waals surface area contributed by atoms with E-state index >= 15 is 0 Å². The van der Waals surface area contributed by atoms with Gasteiger partial charge in [-0.3, -0.25) is 4.79 Å². The summed E-state index contributed by atoms with van der Waals surface area (Å²) < 4.78 is 14.3. The Balaban J connectivity index is 1.90. The van der Waals surface area contributed by atoms with Crippen molar-refractivity contribution in [2.24, 2.45) is 5.92 Å². The molecular weight excluding hydrogens is 267 g/mol. The van der Waals surface area contributed by atoms with Crippen LogP contribution < -0.4 is 5.73 Å². The highest BCUT2D eigenvalue weighted by atomic mass is 19.1. The fraction of sp³-hybridized carbons (Fsp3) is 0.588. The van der Waals surface area contributed by atoms with Crippen molar-refractivity contribution < 1.29 is 9.18 Å². The molecule has 2 N–H and O–H groups in total. The minimum Gasteiger partial charge on any atom is -0.399 e. The van der Waals surface area contributed by atoms with Gasteiger partial charge in [0.15, 0.2) is 0 Å². The predicted molar refractivity (Wildman–Crippen MR) is 81.6 cm³/mol. The summed E-state index contributed by atoms with van der Waals surface area (Å²) in [7, 11) is 0. The molecular formula is C17H23FN2O. The van der Waals surface area contributed by atoms with Gasteiger partial charge in [0.05, 0.1) is 5.56 Å². The zero-order chi connectivity index (χ0) is 15.0. The highest BCUT2D eigenvalue weighted by Gasteiger charge is 2.36. The molecule has 4 heteroatoms. The first-order valence-electron chi connectivity index (χ1n) is 7.94. The molecule has 1 aromatic rings. The number of carbonyl (C=O) groups is 1. The van der Waals surface area contributed by atoms with Crippen LogP contribution in [-0.4, -0.2) is 23.4 Å². The molecule has 2 unspecified atom stereocenters. The molecule has 21 heavy (non-hydrogen) atoms. The zero-order valence-corrected chi connectivity index (χ0v) is 12.6. The second-order valence-electron chi connectivity index (χ2n) is 6.45. The van der Waals surface area contributed by atoms with E-state index < -0.39 is 5.82 Å². The average Bonchev–Trinajstić information content (AvgIpc) is 2.49. The molecule has 1 aliphatic heterocycles. The molecule has 0 aromatic heterocycles. The summed E-state index contributed by atoms with van der Waals surface area (Å²) in [6, 6.07) is 3.35. The maximum absolute atomic E-state index is 14.3. The number of carbonyl (C=O) groups excluding carboxylic acids is 1. The number of anilines is 1. The van der Waals surface area contributed by atoms with Crippen LogP contribution in [0.15, 0.2) is 12.1 Å². The first-order valence-corrected chi connectivity index (χ1v) is 7.94. The van der Waals surface area contributed by atoms with Gasteiger partial charge >= 0.3 is 0 Å². The minimum atomic E-state index is -0.424. The number of nitrogen functional groups attached to an aromatic ring is 1. The van der Waals surface area contributed by atoms with Crippen molar-refractivity contribution in [2.75, 3.05) is 12.3 Å². The Morgan fingerprint density at radius 1 is 1.24 bits per heavy atom. The average molecular weight is 290 g/mol. The molecule has 0 radical (unpaired) electrons. The Morgan fingerprint density at radius 3 is 2.76 bits per heavy atom. The molecule has 1 aromatic carbocycles. The molecule has 2 fully saturated rings. The van der Waals surface area contributed by atoms with Crippen molar-refractivity contribution in [2.45, 2.75) is 51.5 Å². The van der Waals surface area contributed by atoms with Gasteiger partial charge in [0, 0.05) is 18.3 Å². The standard InChI is InChI=1S/C17H23FN2O/c1-11-9-13(19)10-14(16(11)18)17(21)20-8-4-6-12-5-2-3-7-15(12)20/h9-10,12,15H,2-8,19H2,1H3. The van der Waals surface area contributed by atoms with Gasteiger partial charge in [0.25, 0.3) is 5.91 Å². The normalized spacial score (nSPS) is 25.5. The fourth-order valence-corrected chi connectivity index (χ4v) is 3.98. The maximum Gasteiger partial charge on any atom is 0.257 e. The number of hydrogen-bond acceptors (Lipinski definition) is 2. The number of rotatable bonds is 1. The number of fused-ring (bicyclic) bond motifs is 1. The smallest absolute Gasteiger partial charge is 0.257 e. The van der Waals surface area contributed by atoms with Crippen LogP contribution in [0.5, 0.6) is 0 Å². The lowest BCUT2D eigenvalue weighted by Gasteiger charge is -2.44. The molecule has 1 saturated carbocycles. The molecule has 3 nitrogen and oxygen atoms in total. The number of likely N-dealkylation sites (tertiary alicyclic amines) is 1. The van der Waals surface area contributed by atoms with Crippen molar-refractivity contribution >= 4 is 11.6 Å². The molecule has 0 spiro atoms. The van der Waals surface area contributed by atoms with Crippen LogP contribution in [0.25, 0.3) is 0 Å². The second-order valence-corrected chi connectivity index (χ2v) is 6.45. The summed E-state index contributed by atoms with van der Waals surface area (Å²) in [5, 5.41) is 0. The summed E-state index contributed by atoms with van der Waals surface area (Å²) in [4.78, 5) is 14.7. The third-order valence-electron chi connectivity index (χ3n) is 5.01. The fourth-order valence-electron chi connectivity index (χ4n) is 3.98. The topological polar surface area (TPSA) is 46.3 Å². The van der Waals surface area contributed by atoms with Gasteiger partial charge in [-0.1, -0.05) is 12.8 Å². The number of piperidine rings is 1. The number of amides is 1. The van der Waals surface area contributed by atoms with E-state index in [0.29, 0.717) is 23.2 Å². The highest BCUT2D eigenvalue weighted by molar-refractivity contribution is 5.96. The number of nitrogens with two attached hydrogens (primary N) is 1. The number of aryl methyl sites for hydroxylation is 1. The van der Waals surface area contributed by atoms with Gasteiger partial charge < -0.3 is 10.6 Å². The van der Waals surface area contributed by atoms with Crippen LogP contribution in [0.2, 0.25) is 0 Å². The van der Waals surface area contributed by atoms with Gasteiger partial charge in [-0.25, -0.2) is 4.39 Å². The van der Waals surface area contributed by atoms with Crippen LogP contribution in [-0.2, 0) is 0 Å². The molecule has 1 amide bonds. The van der Waals surface area contributed by atoms with E-state index in [1.807, 2.05) is 4.90 Å². The Labute approximate surface area is 125 Å². The summed E-state index contributed by atoms with van der Waals surface area (Å²) in [6.45, 7) is 2.40. The van der Waals surface area contributed by atoms with E-state index in [1.54, 1.807) is 13.0 Å². The molecule has 1 aliphatic carbocycles. The minimum absolute atomic E-state index is 0.138. The van der Waals surface area contributed by atoms with Gasteiger partial charge in [-0.05, 0) is 56.2 Å². The SMILES string of the molecule is Cc1cc(N)cc(C(=O)N2CCCC3CCCCC32)c1F. The summed E-state index contributed by atoms with van der Waals surface area (Å²) in [5.41, 5.74) is 6.82. The van der Waals surface area contributed by atoms with Crippen molar-refractivity contribution in [1.82, 2.24) is 4.90 Å². The summed E-state index contributed by atoms with van der Waals surface area (Å²) in [6.07, 6.45) is 6.91. The highest BCUT2D eigenvalue weighted by Crippen LogP contribution is 2.36. The first kappa shape index (κ1) is 14.4. The molecule has 1 heterocycles. The molecule has 114 valence electrons. The van der Waals surface area contributed by atoms with Crippen molar-refractivity contribution in [1.29, 1.82) is 0 Å². The number of halogens is 1. The van der Waals surface area contributed by atoms with Crippen LogP contribution in [0.4, 0.5) is 10.1 Å². The first-order chi connectivity index (χ1) is 10.1. The summed E-state index contributed by atoms with van der Waals surface area (Å²) in [5.74, 6) is -0.00620. The molecule has 2 aliphatic rings. The maximum atomic E-state index is 14.3. The van der Waals surface area contributed by atoms with E-state index in [4.69, 9.17) is 5.73 Å². The predicted octanol–water partition coefficient (Wildman–Crippen LogP) is 3.51. The number of nitrogens with zero attached hydrogens (tertiary/aromatic N) is 1. The Hall–Kier alpha value is -1.58. The van der Waals surface area contributed by atoms with E-state index in [1.165, 1.54) is 31.7 Å². The van der Waals surface area contributed by atoms with Crippen molar-refractivity contribution in [3.05, 3.63) is 29.1 Å². The van der Waals surface area contributed by atoms with Gasteiger partial charge in [0.2, 0.25) is 0 Å². The van der Waals surface area contributed by atoms with E-state index in [2.05, 4.69) is 0 Å². The van der Waals surface area contributed by atoms with Crippen LogP contribution >= 0.6 is 0 Å². The third kappa shape index (κ3) is 2.63. The molecule has 0 bridgehead atoms. The Kier molecular flexibility index (Phi) is 3.87. The van der Waals surface area contributed by atoms with Crippen molar-refractivity contribution in [3.8, 4) is 0 Å². The number of benzene rings is 1. The van der Waals surface area contributed by atoms with Crippen LogP contribution in [0, 0.1) is 18.7 Å². The quantitative estimate of drug-likeness (QED) is 0.804. The second kappa shape index (κ2) is 5.66. The van der Waals surface area contributed by atoms with Crippen molar-refractivity contribution in [3.63, 3.8) is 0 Å². The third-order valence-corrected chi connectivity index (χ3v) is 5.01. The monoisotopic (exact) mass is 290 g/mol. The van der Waals surface area contributed by atoms with Gasteiger partial charge in [-0.15, -0.1) is 0 Å². The largest absolute Gasteiger partial charge is 0.399 e. The molecule has 1 saturated heterocycles. The zero-order valence-electron chi connectivity index (χ0n) is 12.6. The molecule has 3 rings (SSSR count). The summed E-state index contributed by atoms with van der Waals surface area (Å²) >= 11 is 0.